The van der Waals surface area contributed by atoms with Crippen molar-refractivity contribution in [2.45, 2.75) is 32.9 Å². The van der Waals surface area contributed by atoms with E-state index >= 15 is 0 Å². The third-order valence-corrected chi connectivity index (χ3v) is 4.09. The highest BCUT2D eigenvalue weighted by atomic mass is 19.1. The molecular weight excluding hydrogens is 365 g/mol. The Bertz CT molecular complexity index is 962. The van der Waals surface area contributed by atoms with Gasteiger partial charge in [-0.1, -0.05) is 12.1 Å². The molecule has 0 saturated carbocycles. The summed E-state index contributed by atoms with van der Waals surface area (Å²) in [7, 11) is 0. The summed E-state index contributed by atoms with van der Waals surface area (Å²) in [5, 5.41) is 4.01. The minimum atomic E-state index is -0.779. The van der Waals surface area contributed by atoms with E-state index in [0.717, 1.165) is 5.56 Å². The van der Waals surface area contributed by atoms with E-state index in [1.165, 1.54) is 23.1 Å². The number of carbonyl (C=O) groups is 2. The largest absolute Gasteiger partial charge is 0.465 e. The van der Waals surface area contributed by atoms with E-state index in [-0.39, 0.29) is 24.3 Å². The number of furan rings is 1. The van der Waals surface area contributed by atoms with Crippen molar-refractivity contribution in [2.24, 2.45) is 0 Å². The zero-order valence-corrected chi connectivity index (χ0v) is 15.6. The number of hydrogen-bond acceptors (Lipinski definition) is 6. The standard InChI is InChI=1S/C20H20FN3O4/c1-3-27-13(2)24-12-22-20(23-24)19(26)18(25)11-17-9-8-16(28-17)10-14-4-6-15(21)7-5-14/h4-9,12-13H,3,10-11H2,1-2H3. The number of nitrogens with zero attached hydrogens (tertiary/aromatic N) is 3. The zero-order chi connectivity index (χ0) is 20.1. The molecule has 0 spiro atoms. The van der Waals surface area contributed by atoms with Gasteiger partial charge in [-0.25, -0.2) is 14.1 Å². The molecular formula is C20H20FN3O4. The lowest BCUT2D eigenvalue weighted by molar-refractivity contribution is -0.114. The minimum Gasteiger partial charge on any atom is -0.465 e. The molecule has 0 radical (unpaired) electrons. The first-order valence-corrected chi connectivity index (χ1v) is 8.88. The molecule has 0 saturated heterocycles. The third kappa shape index (κ3) is 4.77. The SMILES string of the molecule is CCOC(C)n1cnc(C(=O)C(=O)Cc2ccc(Cc3ccc(F)cc3)o2)n1. The lowest BCUT2D eigenvalue weighted by atomic mass is 10.1. The van der Waals surface area contributed by atoms with Crippen LogP contribution in [0.4, 0.5) is 4.39 Å². The van der Waals surface area contributed by atoms with Gasteiger partial charge in [0, 0.05) is 13.0 Å². The molecule has 28 heavy (non-hydrogen) atoms. The summed E-state index contributed by atoms with van der Waals surface area (Å²) in [4.78, 5) is 28.4. The number of ketones is 2. The maximum atomic E-state index is 13.0. The highest BCUT2D eigenvalue weighted by Crippen LogP contribution is 2.15. The Balaban J connectivity index is 1.61. The Morgan fingerprint density at radius 2 is 1.89 bits per heavy atom. The van der Waals surface area contributed by atoms with Crippen molar-refractivity contribution in [1.29, 1.82) is 0 Å². The maximum Gasteiger partial charge on any atom is 0.268 e. The van der Waals surface area contributed by atoms with Crippen molar-refractivity contribution in [3.8, 4) is 0 Å². The second-order valence-electron chi connectivity index (χ2n) is 6.20. The van der Waals surface area contributed by atoms with Gasteiger partial charge in [-0.05, 0) is 43.7 Å². The summed E-state index contributed by atoms with van der Waals surface area (Å²) in [5.41, 5.74) is 0.878. The van der Waals surface area contributed by atoms with Crippen molar-refractivity contribution in [3.63, 3.8) is 0 Å². The monoisotopic (exact) mass is 385 g/mol. The Hall–Kier alpha value is -3.13. The lowest BCUT2D eigenvalue weighted by Gasteiger charge is -2.10. The van der Waals surface area contributed by atoms with E-state index in [9.17, 15) is 14.0 Å². The van der Waals surface area contributed by atoms with Gasteiger partial charge in [-0.2, -0.15) is 0 Å². The molecule has 3 rings (SSSR count). The molecule has 146 valence electrons. The molecule has 0 amide bonds. The van der Waals surface area contributed by atoms with Crippen LogP contribution in [0.1, 0.15) is 47.8 Å². The van der Waals surface area contributed by atoms with Crippen LogP contribution >= 0.6 is 0 Å². The average molecular weight is 385 g/mol. The summed E-state index contributed by atoms with van der Waals surface area (Å²) in [6.07, 6.45) is 1.25. The summed E-state index contributed by atoms with van der Waals surface area (Å²) < 4.78 is 25.3. The molecule has 7 nitrogen and oxygen atoms in total. The number of ether oxygens (including phenoxy) is 1. The summed E-state index contributed by atoms with van der Waals surface area (Å²) in [6, 6.07) is 9.45. The van der Waals surface area contributed by atoms with Crippen LogP contribution in [0, 0.1) is 5.82 Å². The number of rotatable bonds is 9. The normalized spacial score (nSPS) is 12.1. The van der Waals surface area contributed by atoms with E-state index in [4.69, 9.17) is 9.15 Å². The van der Waals surface area contributed by atoms with E-state index in [2.05, 4.69) is 10.1 Å². The van der Waals surface area contributed by atoms with Crippen LogP contribution in [0.2, 0.25) is 0 Å². The van der Waals surface area contributed by atoms with Crippen molar-refractivity contribution in [3.05, 3.63) is 71.5 Å². The van der Waals surface area contributed by atoms with E-state index in [0.29, 0.717) is 24.5 Å². The first-order valence-electron chi connectivity index (χ1n) is 8.88. The van der Waals surface area contributed by atoms with Gasteiger partial charge in [0.1, 0.15) is 29.9 Å². The van der Waals surface area contributed by atoms with Gasteiger partial charge in [-0.15, -0.1) is 5.10 Å². The number of halogens is 1. The van der Waals surface area contributed by atoms with E-state index < -0.39 is 11.6 Å². The molecule has 1 unspecified atom stereocenters. The van der Waals surface area contributed by atoms with Crippen LogP contribution < -0.4 is 0 Å². The van der Waals surface area contributed by atoms with Gasteiger partial charge in [0.25, 0.3) is 5.78 Å². The highest BCUT2D eigenvalue weighted by molar-refractivity contribution is 6.42. The van der Waals surface area contributed by atoms with Crippen LogP contribution in [-0.4, -0.2) is 32.9 Å². The topological polar surface area (TPSA) is 87.2 Å². The Morgan fingerprint density at radius 3 is 2.61 bits per heavy atom. The number of benzene rings is 1. The molecule has 1 atom stereocenters. The fourth-order valence-corrected chi connectivity index (χ4v) is 2.65. The van der Waals surface area contributed by atoms with Crippen molar-refractivity contribution in [2.75, 3.05) is 6.61 Å². The van der Waals surface area contributed by atoms with Crippen molar-refractivity contribution < 1.29 is 23.1 Å². The molecule has 1 aromatic carbocycles. The first kappa shape index (κ1) is 19.6. The quantitative estimate of drug-likeness (QED) is 0.415. The molecule has 0 N–H and O–H groups in total. The van der Waals surface area contributed by atoms with Gasteiger partial charge in [0.2, 0.25) is 11.6 Å². The highest BCUT2D eigenvalue weighted by Gasteiger charge is 2.23. The predicted octanol–water partition coefficient (Wildman–Crippen LogP) is 3.15. The molecule has 2 aromatic heterocycles. The summed E-state index contributed by atoms with van der Waals surface area (Å²) in [6.45, 7) is 4.10. The Morgan fingerprint density at radius 1 is 1.18 bits per heavy atom. The average Bonchev–Trinajstić information content (AvgIpc) is 3.33. The molecule has 0 bridgehead atoms. The molecule has 0 fully saturated rings. The lowest BCUT2D eigenvalue weighted by Crippen LogP contribution is -2.19. The van der Waals surface area contributed by atoms with Crippen LogP contribution in [-0.2, 0) is 22.4 Å². The fraction of sp³-hybridized carbons (Fsp3) is 0.300. The van der Waals surface area contributed by atoms with Gasteiger partial charge in [0.15, 0.2) is 0 Å². The predicted molar refractivity (Wildman–Crippen MR) is 97.3 cm³/mol. The van der Waals surface area contributed by atoms with Gasteiger partial charge >= 0.3 is 0 Å². The number of hydrogen-bond donors (Lipinski definition) is 0. The minimum absolute atomic E-state index is 0.172. The van der Waals surface area contributed by atoms with Gasteiger partial charge in [0.05, 0.1) is 6.42 Å². The van der Waals surface area contributed by atoms with Crippen molar-refractivity contribution >= 4 is 11.6 Å². The molecule has 2 heterocycles. The Labute approximate surface area is 161 Å². The van der Waals surface area contributed by atoms with Crippen LogP contribution in [0.25, 0.3) is 0 Å². The molecule has 8 heteroatoms. The summed E-state index contributed by atoms with van der Waals surface area (Å²) >= 11 is 0. The second-order valence-corrected chi connectivity index (χ2v) is 6.20. The number of carbonyl (C=O) groups excluding carboxylic acids is 2. The second kappa shape index (κ2) is 8.71. The maximum absolute atomic E-state index is 13.0. The molecule has 0 aliphatic carbocycles. The zero-order valence-electron chi connectivity index (χ0n) is 15.6. The first-order chi connectivity index (χ1) is 13.5. The van der Waals surface area contributed by atoms with E-state index in [1.807, 2.05) is 6.92 Å². The van der Waals surface area contributed by atoms with Gasteiger partial charge < -0.3 is 9.15 Å². The van der Waals surface area contributed by atoms with E-state index in [1.54, 1.807) is 31.2 Å². The van der Waals surface area contributed by atoms with Crippen molar-refractivity contribution in [1.82, 2.24) is 14.8 Å². The smallest absolute Gasteiger partial charge is 0.268 e. The fourth-order valence-electron chi connectivity index (χ4n) is 2.65. The third-order valence-electron chi connectivity index (χ3n) is 4.09. The molecule has 3 aromatic rings. The van der Waals surface area contributed by atoms with Crippen LogP contribution in [0.15, 0.2) is 47.1 Å². The number of Topliss-reactive ketones (excluding diaryl/α,β-unsaturated/α-hetero) is 2. The van der Waals surface area contributed by atoms with Gasteiger partial charge in [-0.3, -0.25) is 9.59 Å². The molecule has 0 aliphatic rings. The number of aromatic nitrogens is 3. The molecule has 0 aliphatic heterocycles. The Kier molecular flexibility index (Phi) is 6.10. The summed E-state index contributed by atoms with van der Waals surface area (Å²) in [5.74, 6) is -0.926. The van der Waals surface area contributed by atoms with Crippen LogP contribution in [0.5, 0.6) is 0 Å². The van der Waals surface area contributed by atoms with Crippen LogP contribution in [0.3, 0.4) is 0 Å².